The van der Waals surface area contributed by atoms with Crippen molar-refractivity contribution in [1.29, 1.82) is 0 Å². The van der Waals surface area contributed by atoms with Gasteiger partial charge in [-0.15, -0.1) is 0 Å². The molecule has 0 bridgehead atoms. The van der Waals surface area contributed by atoms with E-state index in [4.69, 9.17) is 13.6 Å². The van der Waals surface area contributed by atoms with Gasteiger partial charge in [0.1, 0.15) is 20.9 Å². The number of halogens is 2. The van der Waals surface area contributed by atoms with Crippen molar-refractivity contribution >= 4 is 47.9 Å². The zero-order valence-electron chi connectivity index (χ0n) is 19.7. The summed E-state index contributed by atoms with van der Waals surface area (Å²) >= 11 is 6.40. The third-order valence-electron chi connectivity index (χ3n) is 3.72. The van der Waals surface area contributed by atoms with Gasteiger partial charge in [-0.25, -0.2) is 19.9 Å². The fraction of sp³-hybridized carbons (Fsp3) is 0.263. The molecule has 32 heavy (non-hydrogen) atoms. The Hall–Kier alpha value is -2.35. The smallest absolute Gasteiger partial charge is 0.316 e. The average Bonchev–Trinajstić information content (AvgIpc) is 2.79. The number of anilines is 1. The number of benzene rings is 1. The molecule has 0 atom stereocenters. The predicted octanol–water partition coefficient (Wildman–Crippen LogP) is 3.57. The largest absolute Gasteiger partial charge is 0.473 e. The second-order valence-electron chi connectivity index (χ2n) is 6.10. The summed E-state index contributed by atoms with van der Waals surface area (Å²) in [6, 6.07) is 6.78. The number of hydrogen-bond donors (Lipinski definition) is 2. The Morgan fingerprint density at radius 2 is 1.69 bits per heavy atom. The third kappa shape index (κ3) is 7.08. The molecule has 170 valence electrons. The maximum Gasteiger partial charge on any atom is 0.316 e. The van der Waals surface area contributed by atoms with E-state index in [-0.39, 0.29) is 59.8 Å². The van der Waals surface area contributed by atoms with Crippen LogP contribution in [0.5, 0.6) is 11.9 Å². The molecule has 10 nitrogen and oxygen atoms in total. The molecule has 0 spiro atoms. The van der Waals surface area contributed by atoms with E-state index in [0.717, 1.165) is 4.47 Å². The maximum atomic E-state index is 12.5. The summed E-state index contributed by atoms with van der Waals surface area (Å²) in [5.41, 5.74) is 0.781. The number of nitrogens with one attached hydrogen (secondary N) is 2. The van der Waals surface area contributed by atoms with Crippen molar-refractivity contribution < 1.29 is 22.0 Å². The highest BCUT2D eigenvalue weighted by Crippen LogP contribution is 2.34. The lowest BCUT2D eigenvalue weighted by Gasteiger charge is -2.15. The second kappa shape index (κ2) is 11.5. The van der Waals surface area contributed by atoms with Crippen LogP contribution in [0.4, 0.5) is 5.82 Å². The summed E-state index contributed by atoms with van der Waals surface area (Å²) in [5, 5.41) is 0. The molecular formula is C19H20Br2N6O4S. The Morgan fingerprint density at radius 3 is 2.38 bits per heavy atom. The molecule has 0 fully saturated rings. The van der Waals surface area contributed by atoms with Gasteiger partial charge >= 0.3 is 6.01 Å². The molecule has 3 aromatic rings. The van der Waals surface area contributed by atoms with Crippen molar-refractivity contribution in [2.75, 3.05) is 24.5 Å². The Labute approximate surface area is 206 Å². The first-order valence-corrected chi connectivity index (χ1v) is 12.3. The summed E-state index contributed by atoms with van der Waals surface area (Å²) in [7, 11) is -3.96. The van der Waals surface area contributed by atoms with E-state index in [9.17, 15) is 8.42 Å². The fourth-order valence-corrected chi connectivity index (χ4v) is 3.76. The van der Waals surface area contributed by atoms with Gasteiger partial charge in [-0.2, -0.15) is 13.1 Å². The average molecular weight is 591 g/mol. The summed E-state index contributed by atoms with van der Waals surface area (Å²) in [6.45, 7) is 1.89. The van der Waals surface area contributed by atoms with Gasteiger partial charge in [0.05, 0.1) is 12.8 Å². The van der Waals surface area contributed by atoms with Crippen LogP contribution in [-0.4, -0.2) is 48.1 Å². The summed E-state index contributed by atoms with van der Waals surface area (Å²) < 4.78 is 65.0. The normalized spacial score (nSPS) is 12.5. The number of aromatic nitrogens is 4. The lowest BCUT2D eigenvalue weighted by Crippen LogP contribution is -2.31. The van der Waals surface area contributed by atoms with Gasteiger partial charge in [0.15, 0.2) is 5.82 Å². The van der Waals surface area contributed by atoms with E-state index in [1.807, 2.05) is 6.92 Å². The van der Waals surface area contributed by atoms with Crippen LogP contribution in [0.25, 0.3) is 11.1 Å². The molecular weight excluding hydrogens is 568 g/mol. The van der Waals surface area contributed by atoms with Crippen molar-refractivity contribution in [2.45, 2.75) is 13.3 Å². The van der Waals surface area contributed by atoms with Gasteiger partial charge in [0.25, 0.3) is 10.2 Å². The van der Waals surface area contributed by atoms with Gasteiger partial charge in [-0.1, -0.05) is 35.0 Å². The summed E-state index contributed by atoms with van der Waals surface area (Å²) in [5.74, 6) is -0.163. The van der Waals surface area contributed by atoms with Gasteiger partial charge < -0.3 is 9.47 Å². The minimum atomic E-state index is -3.96. The van der Waals surface area contributed by atoms with E-state index < -0.39 is 16.5 Å². The SMILES string of the molecule is [2H]c1nc(NS(=O)(=O)NCCC)c(-c2ccc(Br)cc2)c(OCCOc2nc([2H])c(Br)c([2H])n2)n1. The van der Waals surface area contributed by atoms with Crippen LogP contribution in [-0.2, 0) is 10.2 Å². The molecule has 2 heterocycles. The molecule has 2 N–H and O–H groups in total. The monoisotopic (exact) mass is 589 g/mol. The number of ether oxygens (including phenoxy) is 2. The van der Waals surface area contributed by atoms with Crippen LogP contribution in [0, 0.1) is 0 Å². The first-order valence-electron chi connectivity index (χ1n) is 10.8. The van der Waals surface area contributed by atoms with Crippen LogP contribution < -0.4 is 18.9 Å². The topological polar surface area (TPSA) is 128 Å². The molecule has 0 radical (unpaired) electrons. The molecule has 0 amide bonds. The predicted molar refractivity (Wildman–Crippen MR) is 127 cm³/mol. The molecule has 1 aromatic carbocycles. The molecule has 0 saturated heterocycles. The summed E-state index contributed by atoms with van der Waals surface area (Å²) in [4.78, 5) is 15.6. The van der Waals surface area contributed by atoms with Crippen LogP contribution >= 0.6 is 31.9 Å². The highest BCUT2D eigenvalue weighted by atomic mass is 79.9. The Balaban J connectivity index is 1.87. The Bertz CT molecular complexity index is 1280. The lowest BCUT2D eigenvalue weighted by atomic mass is 10.1. The molecule has 0 aliphatic heterocycles. The van der Waals surface area contributed by atoms with Crippen molar-refractivity contribution in [1.82, 2.24) is 24.7 Å². The zero-order chi connectivity index (χ0) is 25.6. The van der Waals surface area contributed by atoms with Crippen LogP contribution in [0.1, 0.15) is 17.5 Å². The Kier molecular flexibility index (Phi) is 7.28. The molecule has 13 heteroatoms. The van der Waals surface area contributed by atoms with Gasteiger partial charge in [0, 0.05) is 23.4 Å². The van der Waals surface area contributed by atoms with Crippen LogP contribution in [0.3, 0.4) is 0 Å². The van der Waals surface area contributed by atoms with E-state index in [0.29, 0.717) is 12.0 Å². The molecule has 0 saturated carbocycles. The van der Waals surface area contributed by atoms with E-state index in [1.165, 1.54) is 0 Å². The van der Waals surface area contributed by atoms with Gasteiger partial charge in [-0.3, -0.25) is 4.72 Å². The van der Waals surface area contributed by atoms with E-state index in [1.54, 1.807) is 24.3 Å². The first-order chi connectivity index (χ1) is 16.6. The van der Waals surface area contributed by atoms with Crippen LogP contribution in [0.15, 0.2) is 51.9 Å². The van der Waals surface area contributed by atoms with Crippen molar-refractivity contribution in [3.05, 3.63) is 51.9 Å². The number of nitrogens with zero attached hydrogens (tertiary/aromatic N) is 4. The van der Waals surface area contributed by atoms with Gasteiger partial charge in [0.2, 0.25) is 5.88 Å². The third-order valence-corrected chi connectivity index (χ3v) is 5.65. The summed E-state index contributed by atoms with van der Waals surface area (Å²) in [6.07, 6.45) is -0.249. The lowest BCUT2D eigenvalue weighted by molar-refractivity contribution is 0.202. The molecule has 0 aliphatic rings. The maximum absolute atomic E-state index is 12.5. The highest BCUT2D eigenvalue weighted by molar-refractivity contribution is 9.10. The van der Waals surface area contributed by atoms with E-state index >= 15 is 0 Å². The van der Waals surface area contributed by atoms with E-state index in [2.05, 4.69) is 61.2 Å². The van der Waals surface area contributed by atoms with Crippen molar-refractivity contribution in [3.63, 3.8) is 0 Å². The number of rotatable bonds is 11. The number of hydrogen-bond acceptors (Lipinski definition) is 8. The fourth-order valence-electron chi connectivity index (χ4n) is 2.37. The molecule has 3 rings (SSSR count). The van der Waals surface area contributed by atoms with Crippen molar-refractivity contribution in [3.8, 4) is 23.0 Å². The Morgan fingerprint density at radius 1 is 1.00 bits per heavy atom. The quantitative estimate of drug-likeness (QED) is 0.324. The standard InChI is InChI=1S/C19H20Br2N6O4S/c1-2-7-26-32(28,29)27-17-16(13-3-5-14(20)6-4-13)18(25-12-24-17)30-8-9-31-19-22-10-15(21)11-23-19/h3-6,10-12,26H,2,7-9H2,1H3,(H,24,25,27)/i10D,11D,12D. The van der Waals surface area contributed by atoms with Crippen molar-refractivity contribution in [2.24, 2.45) is 0 Å². The molecule has 0 unspecified atom stereocenters. The van der Waals surface area contributed by atoms with Crippen LogP contribution in [0.2, 0.25) is 0 Å². The minimum Gasteiger partial charge on any atom is -0.473 e. The van der Waals surface area contributed by atoms with Gasteiger partial charge in [-0.05, 0) is 40.0 Å². The molecule has 2 aromatic heterocycles. The molecule has 0 aliphatic carbocycles. The minimum absolute atomic E-state index is 0.0387. The second-order valence-corrected chi connectivity index (χ2v) is 9.31. The highest BCUT2D eigenvalue weighted by Gasteiger charge is 2.19. The zero-order valence-corrected chi connectivity index (χ0v) is 20.7. The first kappa shape index (κ1) is 20.3.